The van der Waals surface area contributed by atoms with E-state index >= 15 is 0 Å². The van der Waals surface area contributed by atoms with Crippen molar-refractivity contribution in [2.45, 2.75) is 6.18 Å². The van der Waals surface area contributed by atoms with Crippen LogP contribution in [0.5, 0.6) is 0 Å². The maximum absolute atomic E-state index is 13.6. The fraction of sp³-hybridized carbons (Fsp3) is 0.0833. The summed E-state index contributed by atoms with van der Waals surface area (Å²) in [5, 5.41) is 0. The average Bonchev–Trinajstić information content (AvgIpc) is 2.43. The van der Waals surface area contributed by atoms with E-state index in [0.717, 1.165) is 0 Å². The van der Waals surface area contributed by atoms with Gasteiger partial charge in [0.2, 0.25) is 5.82 Å². The van der Waals surface area contributed by atoms with Gasteiger partial charge in [-0.05, 0) is 6.07 Å². The van der Waals surface area contributed by atoms with Crippen molar-refractivity contribution in [1.82, 2.24) is 4.98 Å². The van der Waals surface area contributed by atoms with Gasteiger partial charge in [0.1, 0.15) is 0 Å². The molecule has 0 aliphatic carbocycles. The number of nitrogens with zero attached hydrogens (tertiary/aromatic N) is 1. The molecule has 2 nitrogen and oxygen atoms in total. The first-order chi connectivity index (χ1) is 10.1. The third-order valence-electron chi connectivity index (χ3n) is 2.69. The molecule has 0 aliphatic heterocycles. The SMILES string of the molecule is Nc1cc(C(F)(F)F)cnc1-c1c(F)c(F)c(F)c(F)c1F. The molecule has 1 aromatic heterocycles. The number of benzene rings is 1. The largest absolute Gasteiger partial charge is 0.417 e. The van der Waals surface area contributed by atoms with Gasteiger partial charge in [-0.1, -0.05) is 0 Å². The number of halogens is 8. The van der Waals surface area contributed by atoms with Crippen LogP contribution in [-0.4, -0.2) is 4.98 Å². The zero-order chi connectivity index (χ0) is 16.8. The Bertz CT molecular complexity index is 725. The molecular formula is C12H4F8N2. The van der Waals surface area contributed by atoms with E-state index in [9.17, 15) is 35.1 Å². The summed E-state index contributed by atoms with van der Waals surface area (Å²) in [7, 11) is 0. The predicted octanol–water partition coefficient (Wildman–Crippen LogP) is 4.05. The number of anilines is 1. The summed E-state index contributed by atoms with van der Waals surface area (Å²) in [5.41, 5.74) is 0.482. The van der Waals surface area contributed by atoms with Gasteiger partial charge in [-0.3, -0.25) is 4.98 Å². The Morgan fingerprint density at radius 1 is 0.818 bits per heavy atom. The van der Waals surface area contributed by atoms with Crippen molar-refractivity contribution in [3.8, 4) is 11.3 Å². The fourth-order valence-electron chi connectivity index (χ4n) is 1.66. The van der Waals surface area contributed by atoms with Crippen LogP contribution in [0.3, 0.4) is 0 Å². The highest BCUT2D eigenvalue weighted by Crippen LogP contribution is 2.36. The summed E-state index contributed by atoms with van der Waals surface area (Å²) < 4.78 is 103. The van der Waals surface area contributed by atoms with Crippen molar-refractivity contribution < 1.29 is 35.1 Å². The van der Waals surface area contributed by atoms with Gasteiger partial charge < -0.3 is 5.73 Å². The zero-order valence-electron chi connectivity index (χ0n) is 10.2. The van der Waals surface area contributed by atoms with Gasteiger partial charge in [0.15, 0.2) is 23.3 Å². The number of hydrogen-bond acceptors (Lipinski definition) is 2. The standard InChI is InChI=1S/C12H4F8N2/c13-6-5(7(14)9(16)10(17)8(6)15)11-4(21)1-3(2-22-11)12(18,19)20/h1-2H,21H2. The number of rotatable bonds is 1. The van der Waals surface area contributed by atoms with Crippen molar-refractivity contribution in [2.24, 2.45) is 0 Å². The number of hydrogen-bond donors (Lipinski definition) is 1. The number of nitrogen functional groups attached to an aromatic ring is 1. The lowest BCUT2D eigenvalue weighted by atomic mass is 10.1. The lowest BCUT2D eigenvalue weighted by molar-refractivity contribution is -0.137. The summed E-state index contributed by atoms with van der Waals surface area (Å²) in [4.78, 5) is 3.07. The van der Waals surface area contributed by atoms with Crippen LogP contribution in [0.2, 0.25) is 0 Å². The van der Waals surface area contributed by atoms with Crippen LogP contribution in [-0.2, 0) is 6.18 Å². The number of aromatic nitrogens is 1. The minimum Gasteiger partial charge on any atom is -0.397 e. The third-order valence-corrected chi connectivity index (χ3v) is 2.69. The minimum absolute atomic E-state index is 0.170. The second kappa shape index (κ2) is 5.11. The van der Waals surface area contributed by atoms with Crippen molar-refractivity contribution in [1.29, 1.82) is 0 Å². The van der Waals surface area contributed by atoms with Gasteiger partial charge >= 0.3 is 6.18 Å². The molecule has 0 saturated carbocycles. The van der Waals surface area contributed by atoms with Gasteiger partial charge in [0.25, 0.3) is 0 Å². The second-order valence-corrected chi connectivity index (χ2v) is 4.10. The Hall–Kier alpha value is -2.39. The summed E-state index contributed by atoms with van der Waals surface area (Å²) in [6.45, 7) is 0. The van der Waals surface area contributed by atoms with Crippen LogP contribution in [0.4, 0.5) is 40.8 Å². The van der Waals surface area contributed by atoms with Gasteiger partial charge in [-0.25, -0.2) is 22.0 Å². The molecule has 0 unspecified atom stereocenters. The Morgan fingerprint density at radius 3 is 1.68 bits per heavy atom. The summed E-state index contributed by atoms with van der Waals surface area (Å²) in [5.74, 6) is -11.4. The van der Waals surface area contributed by atoms with Crippen molar-refractivity contribution in [3.63, 3.8) is 0 Å². The van der Waals surface area contributed by atoms with E-state index in [0.29, 0.717) is 0 Å². The number of alkyl halides is 3. The van der Waals surface area contributed by atoms with Crippen LogP contribution in [0, 0.1) is 29.1 Å². The van der Waals surface area contributed by atoms with Crippen molar-refractivity contribution in [3.05, 3.63) is 46.9 Å². The minimum atomic E-state index is -4.84. The monoisotopic (exact) mass is 328 g/mol. The smallest absolute Gasteiger partial charge is 0.397 e. The van der Waals surface area contributed by atoms with Gasteiger partial charge in [-0.2, -0.15) is 13.2 Å². The molecule has 0 atom stereocenters. The van der Waals surface area contributed by atoms with Crippen LogP contribution >= 0.6 is 0 Å². The van der Waals surface area contributed by atoms with E-state index in [1.807, 2.05) is 0 Å². The average molecular weight is 328 g/mol. The van der Waals surface area contributed by atoms with Gasteiger partial charge in [0, 0.05) is 6.20 Å². The Labute approximate surface area is 117 Å². The summed E-state index contributed by atoms with van der Waals surface area (Å²) >= 11 is 0. The molecule has 0 bridgehead atoms. The molecule has 10 heteroatoms. The number of nitrogens with two attached hydrogens (primary N) is 1. The Balaban J connectivity index is 2.74. The summed E-state index contributed by atoms with van der Waals surface area (Å²) in [6.07, 6.45) is -4.67. The van der Waals surface area contributed by atoms with E-state index in [2.05, 4.69) is 4.98 Å². The Morgan fingerprint density at radius 2 is 1.27 bits per heavy atom. The maximum Gasteiger partial charge on any atom is 0.417 e. The molecule has 0 amide bonds. The Kier molecular flexibility index (Phi) is 3.71. The van der Waals surface area contributed by atoms with Crippen molar-refractivity contribution in [2.75, 3.05) is 5.73 Å². The molecule has 1 heterocycles. The van der Waals surface area contributed by atoms with Gasteiger partial charge in [0.05, 0.1) is 22.5 Å². The molecule has 0 spiro atoms. The third kappa shape index (κ3) is 2.44. The quantitative estimate of drug-likeness (QED) is 0.487. The van der Waals surface area contributed by atoms with Crippen LogP contribution in [0.25, 0.3) is 11.3 Å². The topological polar surface area (TPSA) is 38.9 Å². The first kappa shape index (κ1) is 16.0. The van der Waals surface area contributed by atoms with E-state index in [1.165, 1.54) is 0 Å². The molecule has 2 rings (SSSR count). The first-order valence-corrected chi connectivity index (χ1v) is 5.40. The van der Waals surface area contributed by atoms with E-state index in [1.54, 1.807) is 0 Å². The molecule has 0 aliphatic rings. The lowest BCUT2D eigenvalue weighted by Gasteiger charge is -2.12. The second-order valence-electron chi connectivity index (χ2n) is 4.10. The first-order valence-electron chi connectivity index (χ1n) is 5.40. The highest BCUT2D eigenvalue weighted by molar-refractivity contribution is 5.74. The lowest BCUT2D eigenvalue weighted by Crippen LogP contribution is -2.10. The van der Waals surface area contributed by atoms with E-state index in [-0.39, 0.29) is 12.3 Å². The number of pyridine rings is 1. The molecule has 0 fully saturated rings. The molecule has 22 heavy (non-hydrogen) atoms. The molecule has 0 radical (unpaired) electrons. The van der Waals surface area contributed by atoms with E-state index in [4.69, 9.17) is 5.73 Å². The highest BCUT2D eigenvalue weighted by atomic mass is 19.4. The molecule has 0 saturated heterocycles. The van der Waals surface area contributed by atoms with Crippen LogP contribution < -0.4 is 5.73 Å². The van der Waals surface area contributed by atoms with Crippen molar-refractivity contribution >= 4 is 5.69 Å². The van der Waals surface area contributed by atoms with Gasteiger partial charge in [-0.15, -0.1) is 0 Å². The highest BCUT2D eigenvalue weighted by Gasteiger charge is 2.33. The maximum atomic E-state index is 13.6. The summed E-state index contributed by atoms with van der Waals surface area (Å²) in [6, 6.07) is 0.278. The molecule has 2 aromatic rings. The molecule has 2 N–H and O–H groups in total. The zero-order valence-corrected chi connectivity index (χ0v) is 10.2. The van der Waals surface area contributed by atoms with E-state index < -0.39 is 57.8 Å². The predicted molar refractivity (Wildman–Crippen MR) is 58.9 cm³/mol. The normalized spacial score (nSPS) is 11.8. The van der Waals surface area contributed by atoms with Crippen LogP contribution in [0.15, 0.2) is 12.3 Å². The fourth-order valence-corrected chi connectivity index (χ4v) is 1.66. The molecular weight excluding hydrogens is 324 g/mol. The molecule has 118 valence electrons. The molecule has 1 aromatic carbocycles. The van der Waals surface area contributed by atoms with Crippen LogP contribution in [0.1, 0.15) is 5.56 Å².